The van der Waals surface area contributed by atoms with E-state index in [1.807, 2.05) is 19.1 Å². The second kappa shape index (κ2) is 5.76. The van der Waals surface area contributed by atoms with Gasteiger partial charge in [-0.15, -0.1) is 0 Å². The summed E-state index contributed by atoms with van der Waals surface area (Å²) in [6.45, 7) is 2.83. The maximum absolute atomic E-state index is 9.80. The van der Waals surface area contributed by atoms with Gasteiger partial charge in [-0.05, 0) is 56.8 Å². The average Bonchev–Trinajstić information content (AvgIpc) is 2.91. The van der Waals surface area contributed by atoms with Crippen LogP contribution in [0.3, 0.4) is 0 Å². The van der Waals surface area contributed by atoms with Crippen LogP contribution in [-0.4, -0.2) is 52.9 Å². The van der Waals surface area contributed by atoms with Gasteiger partial charge >= 0.3 is 0 Å². The van der Waals surface area contributed by atoms with E-state index in [2.05, 4.69) is 41.6 Å². The van der Waals surface area contributed by atoms with E-state index in [1.165, 1.54) is 10.9 Å². The van der Waals surface area contributed by atoms with Crippen molar-refractivity contribution in [2.45, 2.75) is 25.6 Å². The van der Waals surface area contributed by atoms with Crippen molar-refractivity contribution in [1.29, 1.82) is 0 Å². The minimum Gasteiger partial charge on any atom is -0.386 e. The number of aliphatic hydroxyl groups excluding tert-OH is 2. The Bertz CT molecular complexity index is 718. The number of nitrogens with zero attached hydrogens (tertiary/aromatic N) is 1. The van der Waals surface area contributed by atoms with Gasteiger partial charge in [-0.3, -0.25) is 0 Å². The minimum absolute atomic E-state index is 0.706. The van der Waals surface area contributed by atoms with Gasteiger partial charge in [0.1, 0.15) is 12.2 Å². The molecule has 118 valence electrons. The maximum Gasteiger partial charge on any atom is 0.123 e. The van der Waals surface area contributed by atoms with Gasteiger partial charge in [0.2, 0.25) is 0 Å². The van der Waals surface area contributed by atoms with Gasteiger partial charge in [-0.25, -0.2) is 0 Å². The Morgan fingerprint density at radius 3 is 2.68 bits per heavy atom. The molecule has 1 aromatic heterocycles. The zero-order valence-corrected chi connectivity index (χ0v) is 13.2. The van der Waals surface area contributed by atoms with Crippen LogP contribution in [0.15, 0.2) is 35.7 Å². The number of aromatic nitrogens is 1. The number of benzene rings is 1. The van der Waals surface area contributed by atoms with Gasteiger partial charge < -0.3 is 25.4 Å². The number of anilines is 1. The van der Waals surface area contributed by atoms with Crippen LogP contribution in [0.5, 0.6) is 0 Å². The van der Waals surface area contributed by atoms with Crippen molar-refractivity contribution >= 4 is 16.6 Å². The fourth-order valence-corrected chi connectivity index (χ4v) is 2.83. The standard InChI is InChI=1S/C17H23N3O2/c1-10-15(17(22)16(10)21)19-12-4-5-14-13(8-12)11(9-18-14)6-7-20(2)3/h4-5,8-9,16-19,21-22H,6-7H2,1-3H3. The Hall–Kier alpha value is -1.82. The fraction of sp³-hybridized carbons (Fsp3) is 0.412. The summed E-state index contributed by atoms with van der Waals surface area (Å²) < 4.78 is 0. The Labute approximate surface area is 130 Å². The van der Waals surface area contributed by atoms with Crippen molar-refractivity contribution in [1.82, 2.24) is 9.88 Å². The molecule has 2 atom stereocenters. The third-order valence-corrected chi connectivity index (χ3v) is 4.34. The molecule has 0 radical (unpaired) electrons. The summed E-state index contributed by atoms with van der Waals surface area (Å²) in [6, 6.07) is 6.11. The van der Waals surface area contributed by atoms with E-state index in [-0.39, 0.29) is 0 Å². The van der Waals surface area contributed by atoms with E-state index in [4.69, 9.17) is 0 Å². The number of likely N-dealkylation sites (N-methyl/N-ethyl adjacent to an activating group) is 1. The van der Waals surface area contributed by atoms with Crippen molar-refractivity contribution in [2.75, 3.05) is 26.0 Å². The molecule has 1 aliphatic carbocycles. The normalized spacial score (nSPS) is 21.5. The maximum atomic E-state index is 9.80. The van der Waals surface area contributed by atoms with E-state index >= 15 is 0 Å². The van der Waals surface area contributed by atoms with Gasteiger partial charge in [-0.1, -0.05) is 0 Å². The summed E-state index contributed by atoms with van der Waals surface area (Å²) in [5.74, 6) is 0. The second-order valence-corrected chi connectivity index (χ2v) is 6.24. The number of H-pyrrole nitrogens is 1. The molecule has 2 unspecified atom stereocenters. The lowest BCUT2D eigenvalue weighted by Gasteiger charge is -2.34. The molecule has 0 fully saturated rings. The highest BCUT2D eigenvalue weighted by Gasteiger charge is 2.35. The quantitative estimate of drug-likeness (QED) is 0.678. The first kappa shape index (κ1) is 15.1. The topological polar surface area (TPSA) is 71.5 Å². The summed E-state index contributed by atoms with van der Waals surface area (Å²) in [6.07, 6.45) is 1.49. The summed E-state index contributed by atoms with van der Waals surface area (Å²) in [5, 5.41) is 23.8. The predicted octanol–water partition coefficient (Wildman–Crippen LogP) is 1.69. The molecular formula is C17H23N3O2. The van der Waals surface area contributed by atoms with Crippen LogP contribution in [0.1, 0.15) is 12.5 Å². The molecular weight excluding hydrogens is 278 g/mol. The molecule has 1 heterocycles. The largest absolute Gasteiger partial charge is 0.386 e. The van der Waals surface area contributed by atoms with Crippen molar-refractivity contribution in [2.24, 2.45) is 0 Å². The van der Waals surface area contributed by atoms with E-state index in [1.54, 1.807) is 0 Å². The molecule has 0 bridgehead atoms. The number of nitrogens with one attached hydrogen (secondary N) is 2. The van der Waals surface area contributed by atoms with E-state index in [0.29, 0.717) is 5.70 Å². The van der Waals surface area contributed by atoms with Gasteiger partial charge in [0, 0.05) is 35.0 Å². The lowest BCUT2D eigenvalue weighted by Crippen LogP contribution is -2.42. The molecule has 0 amide bonds. The average molecular weight is 301 g/mol. The van der Waals surface area contributed by atoms with Crippen LogP contribution in [0.2, 0.25) is 0 Å². The third-order valence-electron chi connectivity index (χ3n) is 4.34. The number of rotatable bonds is 5. The minimum atomic E-state index is -0.810. The summed E-state index contributed by atoms with van der Waals surface area (Å²) in [4.78, 5) is 5.47. The monoisotopic (exact) mass is 301 g/mol. The zero-order chi connectivity index (χ0) is 15.9. The molecule has 1 aliphatic rings. The van der Waals surface area contributed by atoms with Crippen molar-refractivity contribution in [3.8, 4) is 0 Å². The molecule has 5 heteroatoms. The Morgan fingerprint density at radius 1 is 1.23 bits per heavy atom. The number of aromatic amines is 1. The molecule has 2 aromatic rings. The highest BCUT2D eigenvalue weighted by molar-refractivity contribution is 5.87. The first-order chi connectivity index (χ1) is 10.5. The molecule has 22 heavy (non-hydrogen) atoms. The molecule has 0 aliphatic heterocycles. The lowest BCUT2D eigenvalue weighted by atomic mass is 9.88. The van der Waals surface area contributed by atoms with Crippen molar-refractivity contribution < 1.29 is 10.2 Å². The van der Waals surface area contributed by atoms with Gasteiger partial charge in [0.05, 0.1) is 0 Å². The Morgan fingerprint density at radius 2 is 2.00 bits per heavy atom. The SMILES string of the molecule is CC1=C(Nc2ccc3[nH]cc(CCN(C)C)c3c2)C(O)C1O. The number of aliphatic hydroxyl groups is 2. The van der Waals surface area contributed by atoms with Crippen molar-refractivity contribution in [3.63, 3.8) is 0 Å². The van der Waals surface area contributed by atoms with Crippen LogP contribution in [0.25, 0.3) is 10.9 Å². The Balaban J connectivity index is 1.84. The number of fused-ring (bicyclic) bond motifs is 1. The second-order valence-electron chi connectivity index (χ2n) is 6.24. The van der Waals surface area contributed by atoms with Crippen LogP contribution in [0.4, 0.5) is 5.69 Å². The first-order valence-corrected chi connectivity index (χ1v) is 7.56. The molecule has 1 aromatic carbocycles. The number of hydrogen-bond acceptors (Lipinski definition) is 4. The zero-order valence-electron chi connectivity index (χ0n) is 13.2. The van der Waals surface area contributed by atoms with Crippen LogP contribution < -0.4 is 5.32 Å². The van der Waals surface area contributed by atoms with Crippen LogP contribution >= 0.6 is 0 Å². The van der Waals surface area contributed by atoms with Crippen LogP contribution in [-0.2, 0) is 6.42 Å². The highest BCUT2D eigenvalue weighted by Crippen LogP contribution is 2.31. The molecule has 3 rings (SSSR count). The smallest absolute Gasteiger partial charge is 0.123 e. The number of hydrogen-bond donors (Lipinski definition) is 4. The molecule has 5 nitrogen and oxygen atoms in total. The summed E-state index contributed by atoms with van der Waals surface area (Å²) in [5.41, 5.74) is 4.83. The van der Waals surface area contributed by atoms with Crippen LogP contribution in [0, 0.1) is 0 Å². The molecule has 0 saturated heterocycles. The van der Waals surface area contributed by atoms with Crippen molar-refractivity contribution in [3.05, 3.63) is 41.2 Å². The fourth-order valence-electron chi connectivity index (χ4n) is 2.83. The molecule has 0 spiro atoms. The van der Waals surface area contributed by atoms with Gasteiger partial charge in [0.15, 0.2) is 0 Å². The summed E-state index contributed by atoms with van der Waals surface area (Å²) >= 11 is 0. The van der Waals surface area contributed by atoms with Gasteiger partial charge in [-0.2, -0.15) is 0 Å². The Kier molecular flexibility index (Phi) is 3.95. The van der Waals surface area contributed by atoms with E-state index < -0.39 is 12.2 Å². The predicted molar refractivity (Wildman–Crippen MR) is 88.9 cm³/mol. The van der Waals surface area contributed by atoms with Gasteiger partial charge in [0.25, 0.3) is 0 Å². The third kappa shape index (κ3) is 2.63. The lowest BCUT2D eigenvalue weighted by molar-refractivity contribution is 0.0387. The summed E-state index contributed by atoms with van der Waals surface area (Å²) in [7, 11) is 4.14. The van der Waals surface area contributed by atoms with E-state index in [9.17, 15) is 10.2 Å². The molecule has 0 saturated carbocycles. The highest BCUT2D eigenvalue weighted by atomic mass is 16.3. The molecule has 4 N–H and O–H groups in total. The first-order valence-electron chi connectivity index (χ1n) is 7.56. The van der Waals surface area contributed by atoms with E-state index in [0.717, 1.165) is 29.7 Å².